The quantitative estimate of drug-likeness (QED) is 0.0958. The summed E-state index contributed by atoms with van der Waals surface area (Å²) in [7, 11) is -4.44. The summed E-state index contributed by atoms with van der Waals surface area (Å²) in [6.45, 7) is 12.1. The van der Waals surface area contributed by atoms with Gasteiger partial charge in [0.25, 0.3) is 0 Å². The van der Waals surface area contributed by atoms with Gasteiger partial charge >= 0.3 is 0 Å². The molecule has 10 aromatic rings. The van der Waals surface area contributed by atoms with Crippen LogP contribution in [0.1, 0.15) is 71.3 Å². The Hall–Kier alpha value is -7.52. The SMILES string of the molecule is CC(C)(C)c1ccc2c(c1)c1cc([Si](C3=CC=CCC3)(c3ccccc3)c3ccccc3)ccc1n2-c1cccc(-c2cccc(-c3nc(-c4ccccc4)nc(-c4cccc([Si](C)(C)C5CCCCC5)c4)n3)c2)c1. The molecule has 8 aromatic carbocycles. The summed E-state index contributed by atoms with van der Waals surface area (Å²) in [4.78, 5) is 15.7. The number of hydrogen-bond acceptors (Lipinski definition) is 3. The van der Waals surface area contributed by atoms with Crippen LogP contribution in [0.2, 0.25) is 18.6 Å². The lowest BCUT2D eigenvalue weighted by Gasteiger charge is -2.37. The predicted octanol–water partition coefficient (Wildman–Crippen LogP) is 15.5. The Labute approximate surface area is 445 Å². The molecule has 370 valence electrons. The molecule has 0 atom stereocenters. The minimum Gasteiger partial charge on any atom is -0.309 e. The Kier molecular flexibility index (Phi) is 12.9. The summed E-state index contributed by atoms with van der Waals surface area (Å²) in [5.41, 5.74) is 10.9. The zero-order valence-electron chi connectivity index (χ0n) is 44.1. The van der Waals surface area contributed by atoms with E-state index in [9.17, 15) is 0 Å². The van der Waals surface area contributed by atoms with Gasteiger partial charge in [-0.3, -0.25) is 0 Å². The lowest BCUT2D eigenvalue weighted by Crippen LogP contribution is -2.68. The van der Waals surface area contributed by atoms with Gasteiger partial charge in [0.05, 0.1) is 19.1 Å². The van der Waals surface area contributed by atoms with E-state index < -0.39 is 16.1 Å². The van der Waals surface area contributed by atoms with Gasteiger partial charge in [0.2, 0.25) is 0 Å². The van der Waals surface area contributed by atoms with Crippen LogP contribution in [0, 0.1) is 0 Å². The van der Waals surface area contributed by atoms with Crippen molar-refractivity contribution in [3.8, 4) is 51.0 Å². The second-order valence-corrected chi connectivity index (χ2v) is 31.3. The highest BCUT2D eigenvalue weighted by Crippen LogP contribution is 2.39. The zero-order valence-corrected chi connectivity index (χ0v) is 46.1. The van der Waals surface area contributed by atoms with Crippen LogP contribution in [0.25, 0.3) is 72.8 Å². The molecule has 0 spiro atoms. The minimum absolute atomic E-state index is 0.0187. The summed E-state index contributed by atoms with van der Waals surface area (Å²) in [6.07, 6.45) is 15.9. The van der Waals surface area contributed by atoms with Crippen LogP contribution in [0.4, 0.5) is 0 Å². The molecule has 1 fully saturated rings. The Morgan fingerprint density at radius 1 is 0.467 bits per heavy atom. The van der Waals surface area contributed by atoms with Crippen LogP contribution in [0.15, 0.2) is 224 Å². The third kappa shape index (κ3) is 9.08. The molecule has 2 aromatic heterocycles. The summed E-state index contributed by atoms with van der Waals surface area (Å²) in [5, 5.41) is 9.83. The van der Waals surface area contributed by atoms with Crippen molar-refractivity contribution in [1.82, 2.24) is 19.5 Å². The minimum atomic E-state index is -2.71. The molecule has 2 heterocycles. The van der Waals surface area contributed by atoms with Crippen molar-refractivity contribution in [3.05, 3.63) is 229 Å². The molecular weight excluding hydrogens is 941 g/mol. The van der Waals surface area contributed by atoms with E-state index in [2.05, 4.69) is 251 Å². The van der Waals surface area contributed by atoms with E-state index in [4.69, 9.17) is 15.0 Å². The van der Waals surface area contributed by atoms with E-state index >= 15 is 0 Å². The van der Waals surface area contributed by atoms with Crippen LogP contribution in [-0.2, 0) is 5.41 Å². The molecule has 1 saturated carbocycles. The Bertz CT molecular complexity index is 3730. The largest absolute Gasteiger partial charge is 0.309 e. The number of benzene rings is 8. The van der Waals surface area contributed by atoms with E-state index in [0.717, 1.165) is 51.9 Å². The highest BCUT2D eigenvalue weighted by molar-refractivity contribution is 7.16. The molecule has 0 radical (unpaired) electrons. The summed E-state index contributed by atoms with van der Waals surface area (Å²) in [5.74, 6) is 2.07. The molecule has 0 aliphatic heterocycles. The summed E-state index contributed by atoms with van der Waals surface area (Å²) >= 11 is 0. The van der Waals surface area contributed by atoms with Crippen molar-refractivity contribution in [2.75, 3.05) is 0 Å². The second-order valence-electron chi connectivity index (χ2n) is 22.6. The van der Waals surface area contributed by atoms with Crippen LogP contribution in [-0.4, -0.2) is 35.7 Å². The maximum Gasteiger partial charge on any atom is 0.175 e. The highest BCUT2D eigenvalue weighted by atomic mass is 28.3. The fourth-order valence-corrected chi connectivity index (χ4v) is 20.9. The van der Waals surface area contributed by atoms with Gasteiger partial charge in [-0.1, -0.05) is 258 Å². The molecule has 6 heteroatoms. The number of nitrogens with zero attached hydrogens (tertiary/aromatic N) is 4. The van der Waals surface area contributed by atoms with Crippen molar-refractivity contribution in [1.29, 1.82) is 0 Å². The fourth-order valence-electron chi connectivity index (χ4n) is 12.5. The number of aromatic nitrogens is 4. The number of fused-ring (bicyclic) bond motifs is 3. The monoisotopic (exact) mass is 1010 g/mol. The maximum atomic E-state index is 5.30. The third-order valence-corrected chi connectivity index (χ3v) is 26.1. The molecular formula is C69H66N4Si2. The molecule has 2 aliphatic rings. The van der Waals surface area contributed by atoms with Crippen molar-refractivity contribution >= 4 is 58.7 Å². The molecule has 4 nitrogen and oxygen atoms in total. The van der Waals surface area contributed by atoms with Crippen LogP contribution >= 0.6 is 0 Å². The first-order valence-electron chi connectivity index (χ1n) is 27.3. The van der Waals surface area contributed by atoms with Crippen LogP contribution < -0.4 is 20.7 Å². The smallest absolute Gasteiger partial charge is 0.175 e. The first-order valence-corrected chi connectivity index (χ1v) is 32.3. The van der Waals surface area contributed by atoms with Gasteiger partial charge in [0.15, 0.2) is 25.5 Å². The maximum absolute atomic E-state index is 5.30. The van der Waals surface area contributed by atoms with Gasteiger partial charge in [0, 0.05) is 33.2 Å². The molecule has 2 aliphatic carbocycles. The lowest BCUT2D eigenvalue weighted by atomic mass is 9.86. The average Bonchev–Trinajstić information content (AvgIpc) is 3.81. The van der Waals surface area contributed by atoms with Gasteiger partial charge in [0.1, 0.15) is 0 Å². The molecule has 0 unspecified atom stereocenters. The van der Waals surface area contributed by atoms with Crippen molar-refractivity contribution < 1.29 is 0 Å². The number of hydrogen-bond donors (Lipinski definition) is 0. The first-order chi connectivity index (χ1) is 36.6. The molecule has 12 rings (SSSR count). The molecule has 0 saturated heterocycles. The van der Waals surface area contributed by atoms with E-state index in [1.54, 1.807) is 5.20 Å². The van der Waals surface area contributed by atoms with Crippen molar-refractivity contribution in [2.45, 2.75) is 89.8 Å². The van der Waals surface area contributed by atoms with Crippen molar-refractivity contribution in [3.63, 3.8) is 0 Å². The van der Waals surface area contributed by atoms with Gasteiger partial charge in [-0.05, 0) is 92.4 Å². The fraction of sp³-hybridized carbons (Fsp3) is 0.203. The molecule has 0 amide bonds. The number of rotatable bonds is 11. The van der Waals surface area contributed by atoms with E-state index in [1.165, 1.54) is 80.2 Å². The van der Waals surface area contributed by atoms with Gasteiger partial charge < -0.3 is 4.57 Å². The highest BCUT2D eigenvalue weighted by Gasteiger charge is 2.43. The van der Waals surface area contributed by atoms with Crippen LogP contribution in [0.3, 0.4) is 0 Å². The van der Waals surface area contributed by atoms with Gasteiger partial charge in [-0.25, -0.2) is 15.0 Å². The average molecular weight is 1010 g/mol. The standard InChI is InChI=1S/C69H66N4Si2/c1-69(2,3)54-40-42-64-62(47-54)63-48-61(75(57-33-15-8-16-34-57,58-35-17-9-18-36-58)59-37-19-10-20-38-59)41-43-65(63)73(64)55-30-22-27-51(45-55)50-26-21-28-52(44-50)67-70-66(49-24-11-6-12-25-49)71-68(72-67)53-29-23-39-60(46-53)74(4,5)56-31-13-7-14-32-56/h6,8-12,15-19,21-30,33-37,39-48,56H,7,13-14,20,31-32,38H2,1-5H3. The Morgan fingerprint density at radius 3 is 1.64 bits per heavy atom. The van der Waals surface area contributed by atoms with Crippen molar-refractivity contribution in [2.24, 2.45) is 0 Å². The molecule has 75 heavy (non-hydrogen) atoms. The first kappa shape index (κ1) is 48.4. The Morgan fingerprint density at radius 2 is 1.00 bits per heavy atom. The summed E-state index contributed by atoms with van der Waals surface area (Å²) in [6, 6.07) is 74.7. The van der Waals surface area contributed by atoms with Gasteiger partial charge in [-0.15, -0.1) is 0 Å². The summed E-state index contributed by atoms with van der Waals surface area (Å²) < 4.78 is 2.49. The normalized spacial score (nSPS) is 14.6. The van der Waals surface area contributed by atoms with Gasteiger partial charge in [-0.2, -0.15) is 0 Å². The lowest BCUT2D eigenvalue weighted by molar-refractivity contribution is 0.494. The van der Waals surface area contributed by atoms with E-state index in [-0.39, 0.29) is 5.41 Å². The second kappa shape index (κ2) is 20.0. The predicted molar refractivity (Wildman–Crippen MR) is 323 cm³/mol. The Balaban J connectivity index is 0.985. The van der Waals surface area contributed by atoms with E-state index in [0.29, 0.717) is 17.5 Å². The van der Waals surface area contributed by atoms with Crippen LogP contribution in [0.5, 0.6) is 0 Å². The zero-order chi connectivity index (χ0) is 51.2. The van der Waals surface area contributed by atoms with E-state index in [1.807, 2.05) is 6.07 Å². The number of allylic oxidation sites excluding steroid dienone is 4. The molecule has 0 N–H and O–H groups in total. The third-order valence-electron chi connectivity index (χ3n) is 16.7. The molecule has 0 bridgehead atoms. The topological polar surface area (TPSA) is 43.6 Å².